The molecule has 188 valence electrons. The highest BCUT2D eigenvalue weighted by Crippen LogP contribution is 2.46. The summed E-state index contributed by atoms with van der Waals surface area (Å²) in [6, 6.07) is 8.74. The van der Waals surface area contributed by atoms with Gasteiger partial charge in [-0.05, 0) is 36.2 Å². The lowest BCUT2D eigenvalue weighted by Crippen LogP contribution is -2.35. The average molecular weight is 494 g/mol. The number of fused-ring (bicyclic) bond motifs is 1. The van der Waals surface area contributed by atoms with Crippen LogP contribution in [0.5, 0.6) is 23.0 Å². The Morgan fingerprint density at radius 3 is 2.36 bits per heavy atom. The molecule has 10 nitrogen and oxygen atoms in total. The maximum Gasteiger partial charge on any atom is 0.340 e. The highest BCUT2D eigenvalue weighted by atomic mass is 16.5. The van der Waals surface area contributed by atoms with Crippen molar-refractivity contribution in [1.29, 1.82) is 0 Å². The van der Waals surface area contributed by atoms with Crippen LogP contribution in [0, 0.1) is 6.92 Å². The third-order valence-electron chi connectivity index (χ3n) is 6.06. The molecule has 0 fully saturated rings. The first-order valence-electron chi connectivity index (χ1n) is 11.0. The second-order valence-electron chi connectivity index (χ2n) is 8.08. The molecule has 1 aliphatic rings. The molecule has 0 amide bonds. The number of aromatic nitrogens is 2. The molecule has 3 aromatic rings. The normalized spacial score (nSPS) is 14.5. The molecule has 0 unspecified atom stereocenters. The van der Waals surface area contributed by atoms with Crippen molar-refractivity contribution in [2.75, 3.05) is 28.4 Å². The predicted molar refractivity (Wildman–Crippen MR) is 131 cm³/mol. The largest absolute Gasteiger partial charge is 0.493 e. The molecule has 36 heavy (non-hydrogen) atoms. The fourth-order valence-corrected chi connectivity index (χ4v) is 4.37. The molecular weight excluding hydrogens is 466 g/mol. The number of esters is 1. The van der Waals surface area contributed by atoms with E-state index in [9.17, 15) is 9.59 Å². The van der Waals surface area contributed by atoms with Crippen molar-refractivity contribution in [2.45, 2.75) is 19.4 Å². The fourth-order valence-electron chi connectivity index (χ4n) is 4.37. The number of hydrogen-bond donors (Lipinski definition) is 1. The van der Waals surface area contributed by atoms with Crippen molar-refractivity contribution in [3.63, 3.8) is 0 Å². The second-order valence-corrected chi connectivity index (χ2v) is 8.08. The van der Waals surface area contributed by atoms with E-state index in [0.717, 1.165) is 5.56 Å². The third-order valence-corrected chi connectivity index (χ3v) is 6.06. The Bertz CT molecular complexity index is 1370. The van der Waals surface area contributed by atoms with E-state index in [1.54, 1.807) is 48.1 Å². The average Bonchev–Trinajstić information content (AvgIpc) is 2.89. The standard InChI is InChI=1S/C26H27N3O7/c1-14-9-17-21(25(30)29(14)13-15-7-6-8-28-12-15)20(22(24(27)36-17)26(31)35-5)16-10-18(32-2)23(34-4)19(11-16)33-3/h6-12,20H,13,27H2,1-5H3/t20-/m1/s1. The van der Waals surface area contributed by atoms with Crippen LogP contribution < -0.4 is 30.2 Å². The SMILES string of the molecule is COC(=O)C1=C(N)Oc2cc(C)n(Cc3cccnc3)c(=O)c2[C@H]1c1cc(OC)c(OC)c(OC)c1. The van der Waals surface area contributed by atoms with Crippen molar-refractivity contribution >= 4 is 5.97 Å². The molecule has 1 aromatic carbocycles. The number of methoxy groups -OCH3 is 4. The third kappa shape index (κ3) is 4.21. The van der Waals surface area contributed by atoms with Gasteiger partial charge in [0.1, 0.15) is 11.3 Å². The van der Waals surface area contributed by atoms with Gasteiger partial charge in [-0.2, -0.15) is 0 Å². The second kappa shape index (κ2) is 10.0. The summed E-state index contributed by atoms with van der Waals surface area (Å²) in [5.74, 6) is -0.485. The van der Waals surface area contributed by atoms with E-state index in [4.69, 9.17) is 29.4 Å². The van der Waals surface area contributed by atoms with Crippen molar-refractivity contribution in [3.05, 3.63) is 86.9 Å². The molecule has 0 aliphatic carbocycles. The van der Waals surface area contributed by atoms with Crippen LogP contribution in [0.25, 0.3) is 0 Å². The quantitative estimate of drug-likeness (QED) is 0.494. The van der Waals surface area contributed by atoms with Gasteiger partial charge < -0.3 is 34.0 Å². The Hall–Kier alpha value is -4.47. The number of aryl methyl sites for hydroxylation is 1. The smallest absolute Gasteiger partial charge is 0.340 e. The van der Waals surface area contributed by atoms with Gasteiger partial charge in [-0.25, -0.2) is 4.79 Å². The molecule has 3 heterocycles. The molecule has 1 aliphatic heterocycles. The van der Waals surface area contributed by atoms with Crippen LogP contribution in [0.2, 0.25) is 0 Å². The number of nitrogens with zero attached hydrogens (tertiary/aromatic N) is 2. The first kappa shape index (κ1) is 24.6. The number of nitrogens with two attached hydrogens (primary N) is 1. The van der Waals surface area contributed by atoms with Gasteiger partial charge in [0.2, 0.25) is 11.6 Å². The van der Waals surface area contributed by atoms with Gasteiger partial charge in [0.15, 0.2) is 11.5 Å². The molecule has 0 saturated carbocycles. The summed E-state index contributed by atoms with van der Waals surface area (Å²) in [5, 5.41) is 0. The maximum atomic E-state index is 14.0. The monoisotopic (exact) mass is 493 g/mol. The lowest BCUT2D eigenvalue weighted by Gasteiger charge is -2.29. The Kier molecular flexibility index (Phi) is 6.86. The van der Waals surface area contributed by atoms with Gasteiger partial charge >= 0.3 is 5.97 Å². The van der Waals surface area contributed by atoms with Gasteiger partial charge in [-0.1, -0.05) is 6.07 Å². The summed E-state index contributed by atoms with van der Waals surface area (Å²) in [5.41, 5.74) is 8.09. The van der Waals surface area contributed by atoms with Crippen LogP contribution in [0.1, 0.15) is 28.3 Å². The van der Waals surface area contributed by atoms with Crippen LogP contribution in [0.15, 0.2) is 59.0 Å². The van der Waals surface area contributed by atoms with E-state index >= 15 is 0 Å². The number of benzene rings is 1. The predicted octanol–water partition coefficient (Wildman–Crippen LogP) is 2.49. The minimum Gasteiger partial charge on any atom is -0.493 e. The fraction of sp³-hybridized carbons (Fsp3) is 0.269. The van der Waals surface area contributed by atoms with E-state index in [1.165, 1.54) is 28.4 Å². The Morgan fingerprint density at radius 2 is 1.81 bits per heavy atom. The van der Waals surface area contributed by atoms with E-state index in [-0.39, 0.29) is 34.9 Å². The molecule has 0 saturated heterocycles. The van der Waals surface area contributed by atoms with Crippen LogP contribution >= 0.6 is 0 Å². The molecule has 0 spiro atoms. The molecule has 2 N–H and O–H groups in total. The first-order valence-corrected chi connectivity index (χ1v) is 11.0. The van der Waals surface area contributed by atoms with Crippen LogP contribution in [0.4, 0.5) is 0 Å². The summed E-state index contributed by atoms with van der Waals surface area (Å²) in [6.45, 7) is 2.08. The Morgan fingerprint density at radius 1 is 1.11 bits per heavy atom. The first-order chi connectivity index (χ1) is 17.3. The van der Waals surface area contributed by atoms with Gasteiger partial charge in [0, 0.05) is 24.2 Å². The van der Waals surface area contributed by atoms with Crippen molar-refractivity contribution in [2.24, 2.45) is 5.73 Å². The number of pyridine rings is 2. The Labute approximate surface area is 207 Å². The summed E-state index contributed by atoms with van der Waals surface area (Å²) in [7, 11) is 5.69. The summed E-state index contributed by atoms with van der Waals surface area (Å²) in [4.78, 5) is 31.0. The molecule has 0 bridgehead atoms. The lowest BCUT2D eigenvalue weighted by molar-refractivity contribution is -0.136. The molecule has 0 radical (unpaired) electrons. The summed E-state index contributed by atoms with van der Waals surface area (Å²) >= 11 is 0. The maximum absolute atomic E-state index is 14.0. The van der Waals surface area contributed by atoms with Gasteiger partial charge in [0.25, 0.3) is 5.56 Å². The van der Waals surface area contributed by atoms with Crippen molar-refractivity contribution in [1.82, 2.24) is 9.55 Å². The zero-order chi connectivity index (χ0) is 26.0. The topological polar surface area (TPSA) is 124 Å². The summed E-state index contributed by atoms with van der Waals surface area (Å²) < 4.78 is 28.9. The molecule has 1 atom stereocenters. The zero-order valence-corrected chi connectivity index (χ0v) is 20.7. The van der Waals surface area contributed by atoms with Gasteiger partial charge in [-0.3, -0.25) is 9.78 Å². The highest BCUT2D eigenvalue weighted by Gasteiger charge is 2.39. The van der Waals surface area contributed by atoms with Crippen LogP contribution in [-0.2, 0) is 16.1 Å². The number of carbonyl (C=O) groups excluding carboxylic acids is 1. The minimum absolute atomic E-state index is 0.00634. The molecular formula is C26H27N3O7. The number of carbonyl (C=O) groups is 1. The molecule has 10 heteroatoms. The van der Waals surface area contributed by atoms with E-state index in [1.807, 2.05) is 6.07 Å². The molecule has 2 aromatic heterocycles. The minimum atomic E-state index is -0.928. The lowest BCUT2D eigenvalue weighted by atomic mass is 9.83. The van der Waals surface area contributed by atoms with Crippen molar-refractivity contribution in [3.8, 4) is 23.0 Å². The Balaban J connectivity index is 2.01. The molecule has 4 rings (SSSR count). The number of ether oxygens (including phenoxy) is 5. The van der Waals surface area contributed by atoms with Crippen molar-refractivity contribution < 1.29 is 28.5 Å². The van der Waals surface area contributed by atoms with Crippen LogP contribution in [-0.4, -0.2) is 44.0 Å². The summed E-state index contributed by atoms with van der Waals surface area (Å²) in [6.07, 6.45) is 3.35. The van der Waals surface area contributed by atoms with Gasteiger partial charge in [0.05, 0.1) is 46.5 Å². The zero-order valence-electron chi connectivity index (χ0n) is 20.7. The van der Waals surface area contributed by atoms with Crippen LogP contribution in [0.3, 0.4) is 0 Å². The highest BCUT2D eigenvalue weighted by molar-refractivity contribution is 5.92. The van der Waals surface area contributed by atoms with Gasteiger partial charge in [-0.15, -0.1) is 0 Å². The van der Waals surface area contributed by atoms with E-state index in [0.29, 0.717) is 28.5 Å². The van der Waals surface area contributed by atoms with E-state index < -0.39 is 11.9 Å². The van der Waals surface area contributed by atoms with E-state index in [2.05, 4.69) is 4.98 Å². The number of hydrogen-bond acceptors (Lipinski definition) is 9. The number of rotatable bonds is 7.